The van der Waals surface area contributed by atoms with Crippen LogP contribution in [0.4, 0.5) is 0 Å². The molecule has 0 fully saturated rings. The Kier molecular flexibility index (Phi) is 11.8. The smallest absolute Gasteiger partial charge is 0.191 e. The molecule has 2 aromatic rings. The summed E-state index contributed by atoms with van der Waals surface area (Å²) in [7, 11) is 0.770. The number of nitrogens with zero attached hydrogens (tertiary/aromatic N) is 1. The maximum atomic E-state index is 12.2. The van der Waals surface area contributed by atoms with Crippen molar-refractivity contribution in [2.45, 2.75) is 26.1 Å². The van der Waals surface area contributed by atoms with Crippen molar-refractivity contribution in [2.75, 3.05) is 26.0 Å². The van der Waals surface area contributed by atoms with E-state index in [2.05, 4.69) is 21.7 Å². The third-order valence-electron chi connectivity index (χ3n) is 3.99. The number of aryl methyl sites for hydroxylation is 1. The van der Waals surface area contributed by atoms with Crippen molar-refractivity contribution in [3.8, 4) is 5.75 Å². The van der Waals surface area contributed by atoms with E-state index in [-0.39, 0.29) is 24.0 Å². The molecule has 0 heterocycles. The van der Waals surface area contributed by atoms with Gasteiger partial charge in [-0.2, -0.15) is 0 Å². The number of halogens is 1. The van der Waals surface area contributed by atoms with E-state index < -0.39 is 10.8 Å². The third kappa shape index (κ3) is 8.60. The van der Waals surface area contributed by atoms with Gasteiger partial charge in [-0.05, 0) is 31.0 Å². The minimum Gasteiger partial charge on any atom is -0.496 e. The molecule has 2 N–H and O–H groups in total. The maximum Gasteiger partial charge on any atom is 0.191 e. The van der Waals surface area contributed by atoms with E-state index in [0.717, 1.165) is 34.9 Å². The fraction of sp³-hybridized carbons (Fsp3) is 0.381. The second-order valence-corrected chi connectivity index (χ2v) is 7.79. The number of guanidine groups is 1. The average Bonchev–Trinajstić information content (AvgIpc) is 2.67. The number of hydrogen-bond donors (Lipinski definition) is 2. The van der Waals surface area contributed by atoms with Crippen LogP contribution >= 0.6 is 24.0 Å². The Balaban J connectivity index is 0.00000392. The Morgan fingerprint density at radius 1 is 1.14 bits per heavy atom. The zero-order chi connectivity index (χ0) is 19.5. The van der Waals surface area contributed by atoms with Crippen LogP contribution < -0.4 is 15.4 Å². The fourth-order valence-corrected chi connectivity index (χ4v) is 3.64. The maximum absolute atomic E-state index is 12.2. The molecule has 0 bridgehead atoms. The summed E-state index contributed by atoms with van der Waals surface area (Å²) in [4.78, 5) is 4.62. The molecule has 0 saturated carbocycles. The number of aliphatic imine (C=N–C) groups is 1. The standard InChI is InChI=1S/C21H29N3O2S.HI/c1-4-22-21(24-15-19-11-10-17(2)14-20(19)26-3)23-12-13-27(25)16-18-8-6-5-7-9-18;/h5-11,14H,4,12-13,15-16H2,1-3H3,(H2,22,23,24);1H. The summed E-state index contributed by atoms with van der Waals surface area (Å²) >= 11 is 0. The van der Waals surface area contributed by atoms with Crippen LogP contribution in [-0.4, -0.2) is 36.1 Å². The summed E-state index contributed by atoms with van der Waals surface area (Å²) in [5, 5.41) is 6.49. The first-order valence-electron chi connectivity index (χ1n) is 9.17. The quantitative estimate of drug-likeness (QED) is 0.304. The average molecular weight is 515 g/mol. The second kappa shape index (κ2) is 13.5. The fourth-order valence-electron chi connectivity index (χ4n) is 2.60. The minimum absolute atomic E-state index is 0. The predicted molar refractivity (Wildman–Crippen MR) is 129 cm³/mol. The van der Waals surface area contributed by atoms with Crippen LogP contribution in [0.2, 0.25) is 0 Å². The van der Waals surface area contributed by atoms with Crippen LogP contribution in [0.3, 0.4) is 0 Å². The highest BCUT2D eigenvalue weighted by Gasteiger charge is 2.05. The van der Waals surface area contributed by atoms with E-state index in [1.54, 1.807) is 7.11 Å². The highest BCUT2D eigenvalue weighted by Crippen LogP contribution is 2.20. The van der Waals surface area contributed by atoms with E-state index in [1.807, 2.05) is 56.3 Å². The van der Waals surface area contributed by atoms with Crippen LogP contribution in [0, 0.1) is 6.92 Å². The van der Waals surface area contributed by atoms with Gasteiger partial charge in [0.15, 0.2) is 5.96 Å². The molecule has 0 aromatic heterocycles. The first-order chi connectivity index (χ1) is 13.1. The molecule has 154 valence electrons. The second-order valence-electron chi connectivity index (χ2n) is 6.21. The summed E-state index contributed by atoms with van der Waals surface area (Å²) in [6, 6.07) is 16.0. The number of methoxy groups -OCH3 is 1. The molecule has 1 unspecified atom stereocenters. The van der Waals surface area contributed by atoms with E-state index in [9.17, 15) is 4.21 Å². The molecule has 0 radical (unpaired) electrons. The number of nitrogens with one attached hydrogen (secondary N) is 2. The summed E-state index contributed by atoms with van der Waals surface area (Å²) in [6.45, 7) is 5.96. The Hall–Kier alpha value is -1.61. The van der Waals surface area contributed by atoms with Crippen LogP contribution in [0.15, 0.2) is 53.5 Å². The molecule has 2 rings (SSSR count). The van der Waals surface area contributed by atoms with Crippen LogP contribution in [0.25, 0.3) is 0 Å². The van der Waals surface area contributed by atoms with Crippen molar-refractivity contribution in [1.29, 1.82) is 0 Å². The molecule has 7 heteroatoms. The first-order valence-corrected chi connectivity index (χ1v) is 10.7. The lowest BCUT2D eigenvalue weighted by Gasteiger charge is -2.12. The van der Waals surface area contributed by atoms with Crippen molar-refractivity contribution in [1.82, 2.24) is 10.6 Å². The topological polar surface area (TPSA) is 62.7 Å². The monoisotopic (exact) mass is 515 g/mol. The van der Waals surface area contributed by atoms with E-state index in [1.165, 1.54) is 0 Å². The first kappa shape index (κ1) is 24.4. The van der Waals surface area contributed by atoms with Crippen molar-refractivity contribution < 1.29 is 8.95 Å². The van der Waals surface area contributed by atoms with Crippen LogP contribution in [0.5, 0.6) is 5.75 Å². The van der Waals surface area contributed by atoms with Crippen molar-refractivity contribution in [3.63, 3.8) is 0 Å². The minimum atomic E-state index is -0.904. The van der Waals surface area contributed by atoms with E-state index in [0.29, 0.717) is 24.6 Å². The highest BCUT2D eigenvalue weighted by molar-refractivity contribution is 14.0. The Morgan fingerprint density at radius 3 is 2.57 bits per heavy atom. The van der Waals surface area contributed by atoms with Gasteiger partial charge in [-0.1, -0.05) is 42.5 Å². The molecule has 0 aliphatic carbocycles. The summed E-state index contributed by atoms with van der Waals surface area (Å²) < 4.78 is 17.7. The van der Waals surface area contributed by atoms with Gasteiger partial charge in [-0.15, -0.1) is 24.0 Å². The number of benzene rings is 2. The van der Waals surface area contributed by atoms with E-state index >= 15 is 0 Å². The molecule has 0 aliphatic rings. The molecule has 1 atom stereocenters. The van der Waals surface area contributed by atoms with Gasteiger partial charge in [0.1, 0.15) is 5.75 Å². The molecule has 5 nitrogen and oxygen atoms in total. The Labute approximate surface area is 187 Å². The molecular weight excluding hydrogens is 485 g/mol. The molecule has 0 amide bonds. The van der Waals surface area contributed by atoms with Gasteiger partial charge < -0.3 is 15.4 Å². The largest absolute Gasteiger partial charge is 0.496 e. The summed E-state index contributed by atoms with van der Waals surface area (Å²) in [5.74, 6) is 2.72. The molecule has 2 aromatic carbocycles. The van der Waals surface area contributed by atoms with Gasteiger partial charge in [-0.3, -0.25) is 4.21 Å². The SMILES string of the molecule is CCNC(=NCc1ccc(C)cc1OC)NCCS(=O)Cc1ccccc1.I. The van der Waals surface area contributed by atoms with Gasteiger partial charge >= 0.3 is 0 Å². The molecule has 0 aliphatic heterocycles. The Bertz CT molecular complexity index is 770. The number of ether oxygens (including phenoxy) is 1. The normalized spacial score (nSPS) is 12.0. The van der Waals surface area contributed by atoms with Crippen molar-refractivity contribution in [2.24, 2.45) is 4.99 Å². The van der Waals surface area contributed by atoms with Gasteiger partial charge in [0.05, 0.1) is 13.7 Å². The van der Waals surface area contributed by atoms with Crippen LogP contribution in [0.1, 0.15) is 23.6 Å². The molecular formula is C21H30IN3O2S. The van der Waals surface area contributed by atoms with E-state index in [4.69, 9.17) is 4.74 Å². The zero-order valence-electron chi connectivity index (χ0n) is 16.7. The third-order valence-corrected chi connectivity index (χ3v) is 5.30. The zero-order valence-corrected chi connectivity index (χ0v) is 19.9. The van der Waals surface area contributed by atoms with Crippen molar-refractivity contribution >= 4 is 40.7 Å². The molecule has 28 heavy (non-hydrogen) atoms. The highest BCUT2D eigenvalue weighted by atomic mass is 127. The molecule has 0 spiro atoms. The number of hydrogen-bond acceptors (Lipinski definition) is 3. The summed E-state index contributed by atoms with van der Waals surface area (Å²) in [6.07, 6.45) is 0. The lowest BCUT2D eigenvalue weighted by Crippen LogP contribution is -2.39. The van der Waals surface area contributed by atoms with Crippen LogP contribution in [-0.2, 0) is 23.1 Å². The Morgan fingerprint density at radius 2 is 1.89 bits per heavy atom. The van der Waals surface area contributed by atoms with Gasteiger partial charge in [0.25, 0.3) is 0 Å². The summed E-state index contributed by atoms with van der Waals surface area (Å²) in [5.41, 5.74) is 3.29. The van der Waals surface area contributed by atoms with Gasteiger partial charge in [0.2, 0.25) is 0 Å². The lowest BCUT2D eigenvalue weighted by molar-refractivity contribution is 0.409. The van der Waals surface area contributed by atoms with Gasteiger partial charge in [-0.25, -0.2) is 4.99 Å². The molecule has 0 saturated heterocycles. The van der Waals surface area contributed by atoms with Crippen molar-refractivity contribution in [3.05, 3.63) is 65.2 Å². The predicted octanol–water partition coefficient (Wildman–Crippen LogP) is 3.63. The lowest BCUT2D eigenvalue weighted by atomic mass is 10.1. The number of rotatable bonds is 9. The van der Waals surface area contributed by atoms with Gasteiger partial charge in [0, 0.05) is 41.0 Å².